The molecule has 2 nitrogen and oxygen atoms in total. The number of hydrogen-bond donors (Lipinski definition) is 1. The Kier molecular flexibility index (Phi) is 6.11. The van der Waals surface area contributed by atoms with Crippen molar-refractivity contribution in [2.45, 2.75) is 38.4 Å². The van der Waals surface area contributed by atoms with E-state index in [-0.39, 0.29) is 5.56 Å². The van der Waals surface area contributed by atoms with E-state index in [0.29, 0.717) is 23.2 Å². The van der Waals surface area contributed by atoms with E-state index in [1.54, 1.807) is 0 Å². The van der Waals surface area contributed by atoms with Gasteiger partial charge in [-0.1, -0.05) is 6.92 Å². The zero-order chi connectivity index (χ0) is 16.3. The molecule has 118 valence electrons. The number of amides is 1. The Labute approximate surface area is 135 Å². The summed E-state index contributed by atoms with van der Waals surface area (Å²) in [5.41, 5.74) is -1.45. The average Bonchev–Trinajstić information content (AvgIpc) is 2.37. The molecule has 1 N–H and O–H groups in total. The third-order valence-electron chi connectivity index (χ3n) is 3.38. The van der Waals surface area contributed by atoms with Gasteiger partial charge < -0.3 is 5.32 Å². The summed E-state index contributed by atoms with van der Waals surface area (Å²) < 4.78 is 38.5. The molecule has 0 saturated carbocycles. The van der Waals surface area contributed by atoms with E-state index in [2.05, 4.69) is 21.2 Å². The number of alkyl halides is 4. The van der Waals surface area contributed by atoms with Gasteiger partial charge in [0, 0.05) is 15.9 Å². The van der Waals surface area contributed by atoms with Crippen molar-refractivity contribution >= 4 is 33.4 Å². The highest BCUT2D eigenvalue weighted by Gasteiger charge is 2.32. The quantitative estimate of drug-likeness (QED) is 0.709. The maximum Gasteiger partial charge on any atom is 0.416 e. The molecule has 0 fully saturated rings. The number of carbonyl (C=O) groups is 1. The van der Waals surface area contributed by atoms with Crippen LogP contribution in [0.2, 0.25) is 0 Å². The number of nitrogens with one attached hydrogen (secondary N) is 1. The van der Waals surface area contributed by atoms with Gasteiger partial charge in [-0.15, -0.1) is 11.6 Å². The summed E-state index contributed by atoms with van der Waals surface area (Å²) in [6.45, 7) is 3.70. The zero-order valence-electron chi connectivity index (χ0n) is 11.7. The molecule has 1 unspecified atom stereocenters. The lowest BCUT2D eigenvalue weighted by molar-refractivity contribution is -0.137. The van der Waals surface area contributed by atoms with Crippen LogP contribution in [-0.2, 0) is 6.18 Å². The largest absolute Gasteiger partial charge is 0.416 e. The molecule has 1 aromatic carbocycles. The Balaban J connectivity index is 3.07. The number of carbonyl (C=O) groups excluding carboxylic acids is 1. The van der Waals surface area contributed by atoms with Gasteiger partial charge in [0.15, 0.2) is 0 Å². The highest BCUT2D eigenvalue weighted by Crippen LogP contribution is 2.32. The van der Waals surface area contributed by atoms with Crippen molar-refractivity contribution in [2.75, 3.05) is 5.88 Å². The van der Waals surface area contributed by atoms with Gasteiger partial charge in [0.2, 0.25) is 0 Å². The van der Waals surface area contributed by atoms with Crippen molar-refractivity contribution in [3.05, 3.63) is 33.8 Å². The Morgan fingerprint density at radius 1 is 1.38 bits per heavy atom. The van der Waals surface area contributed by atoms with Gasteiger partial charge in [-0.2, -0.15) is 13.2 Å². The Morgan fingerprint density at radius 3 is 2.48 bits per heavy atom. The van der Waals surface area contributed by atoms with E-state index < -0.39 is 23.2 Å². The van der Waals surface area contributed by atoms with E-state index in [9.17, 15) is 18.0 Å². The third-order valence-corrected chi connectivity index (χ3v) is 4.26. The van der Waals surface area contributed by atoms with E-state index in [0.717, 1.165) is 12.1 Å². The maximum atomic E-state index is 12.7. The molecule has 0 aliphatic carbocycles. The highest BCUT2D eigenvalue weighted by molar-refractivity contribution is 9.10. The number of halogens is 5. The number of hydrogen-bond acceptors (Lipinski definition) is 1. The van der Waals surface area contributed by atoms with Crippen LogP contribution in [0, 0.1) is 0 Å². The lowest BCUT2D eigenvalue weighted by Gasteiger charge is -2.29. The molecule has 0 heterocycles. The van der Waals surface area contributed by atoms with Crippen molar-refractivity contribution in [2.24, 2.45) is 0 Å². The van der Waals surface area contributed by atoms with Crippen molar-refractivity contribution in [3.63, 3.8) is 0 Å². The summed E-state index contributed by atoms with van der Waals surface area (Å²) in [7, 11) is 0. The van der Waals surface area contributed by atoms with Crippen LogP contribution in [0.15, 0.2) is 22.7 Å². The first-order valence-electron chi connectivity index (χ1n) is 6.38. The van der Waals surface area contributed by atoms with Gasteiger partial charge >= 0.3 is 6.18 Å². The summed E-state index contributed by atoms with van der Waals surface area (Å²) in [5.74, 6) is -0.198. The maximum absolute atomic E-state index is 12.7. The molecule has 0 saturated heterocycles. The molecule has 1 atom stereocenters. The third kappa shape index (κ3) is 4.88. The SMILES string of the molecule is CCC(C)(CCCl)NC(=O)c1cc(C(F)(F)F)ccc1Br. The van der Waals surface area contributed by atoms with Gasteiger partial charge in [-0.05, 0) is 53.9 Å². The van der Waals surface area contributed by atoms with E-state index >= 15 is 0 Å². The predicted octanol–water partition coefficient (Wildman–Crippen LogP) is 5.00. The van der Waals surface area contributed by atoms with Gasteiger partial charge in [-0.3, -0.25) is 4.79 Å². The minimum Gasteiger partial charge on any atom is -0.347 e. The molecule has 0 aliphatic heterocycles. The molecule has 1 amide bonds. The second kappa shape index (κ2) is 7.01. The summed E-state index contributed by atoms with van der Waals surface area (Å²) in [4.78, 5) is 12.2. The van der Waals surface area contributed by atoms with Crippen LogP contribution in [0.4, 0.5) is 13.2 Å². The molecule has 1 aromatic rings. The van der Waals surface area contributed by atoms with Crippen LogP contribution in [0.1, 0.15) is 42.6 Å². The van der Waals surface area contributed by atoms with Gasteiger partial charge in [0.05, 0.1) is 11.1 Å². The Bertz CT molecular complexity index is 521. The van der Waals surface area contributed by atoms with Crippen molar-refractivity contribution in [3.8, 4) is 0 Å². The van der Waals surface area contributed by atoms with Crippen molar-refractivity contribution < 1.29 is 18.0 Å². The van der Waals surface area contributed by atoms with Gasteiger partial charge in [0.1, 0.15) is 0 Å². The molecule has 0 bridgehead atoms. The average molecular weight is 387 g/mol. The zero-order valence-corrected chi connectivity index (χ0v) is 14.0. The standard InChI is InChI=1S/C14H16BrClF3NO/c1-3-13(2,6-7-16)20-12(21)10-8-9(14(17,18)19)4-5-11(10)15/h4-5,8H,3,6-7H2,1-2H3,(H,20,21). The fourth-order valence-corrected chi connectivity index (χ4v) is 2.60. The minimum atomic E-state index is -4.49. The molecule has 0 aliphatic rings. The van der Waals surface area contributed by atoms with Crippen LogP contribution in [0.3, 0.4) is 0 Å². The smallest absolute Gasteiger partial charge is 0.347 e. The monoisotopic (exact) mass is 385 g/mol. The summed E-state index contributed by atoms with van der Waals surface area (Å²) >= 11 is 8.81. The molecule has 21 heavy (non-hydrogen) atoms. The fraction of sp³-hybridized carbons (Fsp3) is 0.500. The van der Waals surface area contributed by atoms with E-state index in [4.69, 9.17) is 11.6 Å². The second-order valence-electron chi connectivity index (χ2n) is 5.00. The normalized spacial score (nSPS) is 14.6. The van der Waals surface area contributed by atoms with Crippen molar-refractivity contribution in [1.29, 1.82) is 0 Å². The lowest BCUT2D eigenvalue weighted by atomic mass is 9.95. The Morgan fingerprint density at radius 2 is 2.00 bits per heavy atom. The van der Waals surface area contributed by atoms with Gasteiger partial charge in [-0.25, -0.2) is 0 Å². The van der Waals surface area contributed by atoms with E-state index in [1.807, 2.05) is 13.8 Å². The fourth-order valence-electron chi connectivity index (χ4n) is 1.75. The van der Waals surface area contributed by atoms with Crippen LogP contribution in [0.25, 0.3) is 0 Å². The first-order valence-corrected chi connectivity index (χ1v) is 7.71. The van der Waals surface area contributed by atoms with Crippen LogP contribution in [0.5, 0.6) is 0 Å². The van der Waals surface area contributed by atoms with E-state index in [1.165, 1.54) is 6.07 Å². The first-order chi connectivity index (χ1) is 9.63. The molecule has 0 aromatic heterocycles. The molecule has 0 radical (unpaired) electrons. The summed E-state index contributed by atoms with van der Waals surface area (Å²) in [6, 6.07) is 3.00. The Hall–Kier alpha value is -0.750. The molecule has 0 spiro atoms. The number of rotatable bonds is 5. The highest BCUT2D eigenvalue weighted by atomic mass is 79.9. The van der Waals surface area contributed by atoms with Crippen LogP contribution >= 0.6 is 27.5 Å². The molecular weight excluding hydrogens is 371 g/mol. The minimum absolute atomic E-state index is 0.0425. The topological polar surface area (TPSA) is 29.1 Å². The van der Waals surface area contributed by atoms with Crippen molar-refractivity contribution in [1.82, 2.24) is 5.32 Å². The van der Waals surface area contributed by atoms with Crippen LogP contribution < -0.4 is 5.32 Å². The summed E-state index contributed by atoms with van der Waals surface area (Å²) in [6.07, 6.45) is -3.32. The summed E-state index contributed by atoms with van der Waals surface area (Å²) in [5, 5.41) is 2.76. The first kappa shape index (κ1) is 18.3. The van der Waals surface area contributed by atoms with Crippen LogP contribution in [-0.4, -0.2) is 17.3 Å². The second-order valence-corrected chi connectivity index (χ2v) is 6.23. The van der Waals surface area contributed by atoms with Gasteiger partial charge in [0.25, 0.3) is 5.91 Å². The molecular formula is C14H16BrClF3NO. The molecule has 7 heteroatoms. The number of benzene rings is 1. The lowest BCUT2D eigenvalue weighted by Crippen LogP contribution is -2.46. The predicted molar refractivity (Wildman–Crippen MR) is 80.6 cm³/mol. The molecule has 1 rings (SSSR count).